The van der Waals surface area contributed by atoms with E-state index in [0.717, 1.165) is 16.2 Å². The Morgan fingerprint density at radius 2 is 1.90 bits per heavy atom. The van der Waals surface area contributed by atoms with Crippen molar-refractivity contribution < 1.29 is 34.1 Å². The smallest absolute Gasteiger partial charge is 0.394 e. The predicted molar refractivity (Wildman–Crippen MR) is 110 cm³/mol. The molecule has 1 atom stereocenters. The molecule has 3 rings (SSSR count). The second-order valence-electron chi connectivity index (χ2n) is 6.32. The van der Waals surface area contributed by atoms with Crippen LogP contribution in [-0.2, 0) is 32.1 Å². The molecule has 0 aliphatic carbocycles. The van der Waals surface area contributed by atoms with E-state index in [4.69, 9.17) is 9.84 Å². The molecular weight excluding hydrogens is 432 g/mol. The molecule has 2 aromatic rings. The molecular formula is C19H18N2O7S2. The number of thiophene rings is 1. The van der Waals surface area contributed by atoms with Gasteiger partial charge in [-0.05, 0) is 17.7 Å². The monoisotopic (exact) mass is 450 g/mol. The number of nitrogens with one attached hydrogen (secondary N) is 2. The van der Waals surface area contributed by atoms with Crippen LogP contribution >= 0.6 is 23.1 Å². The number of aromatic carboxylic acids is 1. The van der Waals surface area contributed by atoms with Gasteiger partial charge in [-0.2, -0.15) is 0 Å². The largest absolute Gasteiger partial charge is 0.478 e. The number of hydrogen-bond acceptors (Lipinski definition) is 7. The average Bonchev–Trinajstić information content (AvgIpc) is 3.08. The summed E-state index contributed by atoms with van der Waals surface area (Å²) in [6.07, 6.45) is -0.207. The molecule has 0 saturated heterocycles. The minimum absolute atomic E-state index is 0.0348. The van der Waals surface area contributed by atoms with E-state index in [0.29, 0.717) is 10.4 Å². The number of aliphatic carboxylic acids is 1. The zero-order valence-electron chi connectivity index (χ0n) is 15.5. The minimum atomic E-state index is -1.71. The van der Waals surface area contributed by atoms with Gasteiger partial charge in [-0.25, -0.2) is 9.59 Å². The van der Waals surface area contributed by atoms with Crippen molar-refractivity contribution >= 4 is 51.9 Å². The number of hydrogen-bond donors (Lipinski definition) is 4. The van der Waals surface area contributed by atoms with Crippen LogP contribution in [0.15, 0.2) is 35.2 Å². The van der Waals surface area contributed by atoms with Gasteiger partial charge in [-0.15, -0.1) is 23.1 Å². The molecule has 1 aliphatic heterocycles. The summed E-state index contributed by atoms with van der Waals surface area (Å²) >= 11 is 2.38. The first-order valence-electron chi connectivity index (χ1n) is 8.83. The van der Waals surface area contributed by atoms with E-state index < -0.39 is 23.9 Å². The number of ether oxygens (including phenoxy) is 1. The van der Waals surface area contributed by atoms with Gasteiger partial charge in [-0.1, -0.05) is 18.2 Å². The van der Waals surface area contributed by atoms with Gasteiger partial charge in [0.15, 0.2) is 0 Å². The Hall–Kier alpha value is -2.89. The number of carbonyl (C=O) groups excluding carboxylic acids is 2. The number of anilines is 1. The summed E-state index contributed by atoms with van der Waals surface area (Å²) in [5.74, 6) is -4.21. The fourth-order valence-electron chi connectivity index (χ4n) is 2.87. The zero-order valence-corrected chi connectivity index (χ0v) is 17.2. The van der Waals surface area contributed by atoms with E-state index in [2.05, 4.69) is 10.6 Å². The fourth-order valence-corrected chi connectivity index (χ4v) is 4.76. The minimum Gasteiger partial charge on any atom is -0.478 e. The molecule has 0 saturated carbocycles. The van der Waals surface area contributed by atoms with E-state index in [-0.39, 0.29) is 41.8 Å². The van der Waals surface area contributed by atoms with Crippen LogP contribution in [0.4, 0.5) is 5.00 Å². The number of fused-ring (bicyclic) bond motifs is 1. The maximum absolute atomic E-state index is 12.1. The molecule has 1 aromatic carbocycles. The Kier molecular flexibility index (Phi) is 7.08. The van der Waals surface area contributed by atoms with Crippen LogP contribution in [0.3, 0.4) is 0 Å². The van der Waals surface area contributed by atoms with Crippen LogP contribution in [0.2, 0.25) is 0 Å². The molecule has 1 aliphatic rings. The summed E-state index contributed by atoms with van der Waals surface area (Å²) in [6.45, 7) is 0.321. The Balaban J connectivity index is 1.60. The lowest BCUT2D eigenvalue weighted by Gasteiger charge is -2.23. The number of amides is 2. The molecule has 11 heteroatoms. The molecule has 2 amide bonds. The summed E-state index contributed by atoms with van der Waals surface area (Å²) in [5, 5.41) is 23.1. The molecule has 2 heterocycles. The molecule has 9 nitrogen and oxygen atoms in total. The first-order chi connectivity index (χ1) is 14.3. The molecule has 1 unspecified atom stereocenters. The van der Waals surface area contributed by atoms with Gasteiger partial charge in [0.2, 0.25) is 5.91 Å². The van der Waals surface area contributed by atoms with E-state index in [1.54, 1.807) is 0 Å². The number of carbonyl (C=O) groups is 4. The van der Waals surface area contributed by atoms with Crippen LogP contribution < -0.4 is 10.6 Å². The van der Waals surface area contributed by atoms with Crippen molar-refractivity contribution in [1.29, 1.82) is 0 Å². The van der Waals surface area contributed by atoms with Crippen molar-refractivity contribution in [3.8, 4) is 0 Å². The molecule has 0 spiro atoms. The highest BCUT2D eigenvalue weighted by atomic mass is 32.2. The second kappa shape index (κ2) is 9.74. The third-order valence-electron chi connectivity index (χ3n) is 4.25. The Morgan fingerprint density at radius 3 is 2.57 bits per heavy atom. The van der Waals surface area contributed by atoms with E-state index in [1.807, 2.05) is 30.3 Å². The van der Waals surface area contributed by atoms with Gasteiger partial charge < -0.3 is 25.6 Å². The van der Waals surface area contributed by atoms with Gasteiger partial charge in [0, 0.05) is 22.7 Å². The van der Waals surface area contributed by atoms with E-state index in [9.17, 15) is 24.3 Å². The summed E-state index contributed by atoms with van der Waals surface area (Å²) in [5.41, 5.74) is 0.348. The first kappa shape index (κ1) is 21.8. The maximum Gasteiger partial charge on any atom is 0.394 e. The fraction of sp³-hybridized carbons (Fsp3) is 0.263. The van der Waals surface area contributed by atoms with Gasteiger partial charge >= 0.3 is 17.8 Å². The van der Waals surface area contributed by atoms with E-state index >= 15 is 0 Å². The first-order valence-corrected chi connectivity index (χ1v) is 10.6. The van der Waals surface area contributed by atoms with Gasteiger partial charge in [0.1, 0.15) is 5.00 Å². The third kappa shape index (κ3) is 5.38. The predicted octanol–water partition coefficient (Wildman–Crippen LogP) is 1.82. The Labute approximate surface area is 179 Å². The van der Waals surface area contributed by atoms with Crippen LogP contribution in [0.25, 0.3) is 0 Å². The van der Waals surface area contributed by atoms with Crippen molar-refractivity contribution in [1.82, 2.24) is 5.32 Å². The highest BCUT2D eigenvalue weighted by Crippen LogP contribution is 2.37. The highest BCUT2D eigenvalue weighted by Gasteiger charge is 2.31. The summed E-state index contributed by atoms with van der Waals surface area (Å²) in [7, 11) is 0. The quantitative estimate of drug-likeness (QED) is 0.370. The molecule has 1 aromatic heterocycles. The molecule has 30 heavy (non-hydrogen) atoms. The van der Waals surface area contributed by atoms with Crippen molar-refractivity contribution in [2.24, 2.45) is 0 Å². The molecule has 0 radical (unpaired) electrons. The van der Waals surface area contributed by atoms with Crippen molar-refractivity contribution in [2.75, 3.05) is 17.6 Å². The third-order valence-corrected chi connectivity index (χ3v) is 6.38. The summed E-state index contributed by atoms with van der Waals surface area (Å²) < 4.78 is 5.69. The Morgan fingerprint density at radius 1 is 1.17 bits per heavy atom. The SMILES string of the molecule is O=C(CSc1ccccc1)NCC1Cc2c(sc(NC(=O)C(=O)O)c2C(=O)O)CO1. The number of benzene rings is 1. The standard InChI is InChI=1S/C19H18N2O7S2/c22-14(9-29-11-4-2-1-3-5-11)20-7-10-6-12-13(8-28-10)30-17(15(12)18(24)25)21-16(23)19(26)27/h1-5,10H,6-9H2,(H,20,22)(H,21,23)(H,24,25)(H,26,27). The number of carboxylic acids is 2. The van der Waals surface area contributed by atoms with Crippen molar-refractivity contribution in [3.05, 3.63) is 46.3 Å². The lowest BCUT2D eigenvalue weighted by atomic mass is 10.0. The van der Waals surface area contributed by atoms with Crippen LogP contribution in [0.5, 0.6) is 0 Å². The average molecular weight is 450 g/mol. The molecule has 158 valence electrons. The van der Waals surface area contributed by atoms with Crippen LogP contribution in [0.1, 0.15) is 20.8 Å². The number of thioether (sulfide) groups is 1. The topological polar surface area (TPSA) is 142 Å². The van der Waals surface area contributed by atoms with Gasteiger partial charge in [0.25, 0.3) is 0 Å². The second-order valence-corrected chi connectivity index (χ2v) is 8.47. The van der Waals surface area contributed by atoms with Crippen molar-refractivity contribution in [2.45, 2.75) is 24.0 Å². The van der Waals surface area contributed by atoms with Crippen LogP contribution in [-0.4, -0.2) is 52.4 Å². The number of rotatable bonds is 7. The normalized spacial score (nSPS) is 15.1. The molecule has 0 bridgehead atoms. The molecule has 4 N–H and O–H groups in total. The summed E-state index contributed by atoms with van der Waals surface area (Å²) in [6, 6.07) is 9.50. The number of carboxylic acid groups (broad SMARTS) is 2. The zero-order chi connectivity index (χ0) is 21.7. The lowest BCUT2D eigenvalue weighted by Crippen LogP contribution is -2.37. The van der Waals surface area contributed by atoms with Crippen molar-refractivity contribution in [3.63, 3.8) is 0 Å². The van der Waals surface area contributed by atoms with E-state index in [1.165, 1.54) is 11.8 Å². The Bertz CT molecular complexity index is 975. The van der Waals surface area contributed by atoms with Gasteiger partial charge in [0.05, 0.1) is 24.0 Å². The van der Waals surface area contributed by atoms with Gasteiger partial charge in [-0.3, -0.25) is 9.59 Å². The van der Waals surface area contributed by atoms with Crippen LogP contribution in [0, 0.1) is 0 Å². The highest BCUT2D eigenvalue weighted by molar-refractivity contribution is 8.00. The molecule has 0 fully saturated rings. The lowest BCUT2D eigenvalue weighted by molar-refractivity contribution is -0.147. The maximum atomic E-state index is 12.1. The summed E-state index contributed by atoms with van der Waals surface area (Å²) in [4.78, 5) is 47.5.